The maximum atomic E-state index is 13.7. The zero-order valence-corrected chi connectivity index (χ0v) is 20.2. The summed E-state index contributed by atoms with van der Waals surface area (Å²) in [5.41, 5.74) is 3.38. The molecular weight excluding hydrogens is 384 g/mol. The Morgan fingerprint density at radius 1 is 0.968 bits per heavy atom. The van der Waals surface area contributed by atoms with E-state index in [2.05, 4.69) is 87.9 Å². The fourth-order valence-corrected chi connectivity index (χ4v) is 4.85. The van der Waals surface area contributed by atoms with E-state index in [1.165, 1.54) is 16.7 Å². The summed E-state index contributed by atoms with van der Waals surface area (Å²) in [6.07, 6.45) is 2.41. The Bertz CT molecular complexity index is 877. The van der Waals surface area contributed by atoms with Crippen LogP contribution in [0.3, 0.4) is 0 Å². The molecule has 3 rings (SSSR count). The van der Waals surface area contributed by atoms with Crippen LogP contribution >= 0.6 is 0 Å². The molecule has 0 N–H and O–H groups in total. The number of amides is 1. The average Bonchev–Trinajstić information content (AvgIpc) is 2.98. The topological polar surface area (TPSA) is 32.8 Å². The molecule has 4 nitrogen and oxygen atoms in total. The van der Waals surface area contributed by atoms with Gasteiger partial charge in [0.15, 0.2) is 0 Å². The van der Waals surface area contributed by atoms with Crippen LogP contribution in [0.5, 0.6) is 5.75 Å². The molecule has 1 atom stereocenters. The maximum Gasteiger partial charge on any atom is 0.244 e. The van der Waals surface area contributed by atoms with Crippen molar-refractivity contribution in [2.24, 2.45) is 0 Å². The number of carbonyl (C=O) groups excluding carboxylic acids is 1. The smallest absolute Gasteiger partial charge is 0.244 e. The van der Waals surface area contributed by atoms with Gasteiger partial charge in [-0.25, -0.2) is 0 Å². The molecule has 1 unspecified atom stereocenters. The lowest BCUT2D eigenvalue weighted by molar-refractivity contribution is -0.134. The number of nitrogens with zero attached hydrogens (tertiary/aromatic N) is 2. The summed E-state index contributed by atoms with van der Waals surface area (Å²) in [4.78, 5) is 18.1. The van der Waals surface area contributed by atoms with Gasteiger partial charge in [-0.1, -0.05) is 71.0 Å². The molecule has 0 bridgehead atoms. The van der Waals surface area contributed by atoms with E-state index in [1.807, 2.05) is 12.1 Å². The van der Waals surface area contributed by atoms with Crippen molar-refractivity contribution in [3.05, 3.63) is 65.2 Å². The summed E-state index contributed by atoms with van der Waals surface area (Å²) in [7, 11) is 3.79. The third kappa shape index (κ3) is 4.36. The lowest BCUT2D eigenvalue weighted by atomic mass is 9.86. The molecule has 31 heavy (non-hydrogen) atoms. The van der Waals surface area contributed by atoms with E-state index in [0.717, 1.165) is 25.0 Å². The van der Waals surface area contributed by atoms with Crippen LogP contribution in [0.15, 0.2) is 48.5 Å². The van der Waals surface area contributed by atoms with Crippen molar-refractivity contribution in [1.29, 1.82) is 0 Å². The number of benzene rings is 2. The first-order valence-corrected chi connectivity index (χ1v) is 11.4. The largest absolute Gasteiger partial charge is 0.497 e. The van der Waals surface area contributed by atoms with Crippen LogP contribution in [0.2, 0.25) is 0 Å². The first-order chi connectivity index (χ1) is 14.7. The standard InChI is InChI=1S/C27H38N2O2/c1-8-27(9-2)25(30)29(19-18-20-10-16-23(31-7)17-11-20)24(28(27)6)21-12-14-22(15-13-21)26(3,4)5/h10-17,24H,8-9,18-19H2,1-7H3. The summed E-state index contributed by atoms with van der Waals surface area (Å²) in [6, 6.07) is 17.0. The molecule has 2 aromatic carbocycles. The number of hydrogen-bond acceptors (Lipinski definition) is 3. The molecule has 0 aromatic heterocycles. The van der Waals surface area contributed by atoms with Crippen LogP contribution in [0, 0.1) is 0 Å². The minimum Gasteiger partial charge on any atom is -0.497 e. The molecule has 0 saturated carbocycles. The molecule has 2 aromatic rings. The van der Waals surface area contributed by atoms with Gasteiger partial charge < -0.3 is 9.64 Å². The second kappa shape index (κ2) is 9.04. The quantitative estimate of drug-likeness (QED) is 0.585. The van der Waals surface area contributed by atoms with Gasteiger partial charge in [-0.2, -0.15) is 0 Å². The van der Waals surface area contributed by atoms with E-state index in [-0.39, 0.29) is 17.5 Å². The fraction of sp³-hybridized carbons (Fsp3) is 0.519. The molecule has 1 amide bonds. The third-order valence-electron chi connectivity index (χ3n) is 7.04. The van der Waals surface area contributed by atoms with E-state index in [0.29, 0.717) is 6.54 Å². The fourth-order valence-electron chi connectivity index (χ4n) is 4.85. The van der Waals surface area contributed by atoms with E-state index in [4.69, 9.17) is 4.74 Å². The lowest BCUT2D eigenvalue weighted by Crippen LogP contribution is -2.46. The molecule has 1 heterocycles. The van der Waals surface area contributed by atoms with Gasteiger partial charge in [0.1, 0.15) is 17.5 Å². The minimum atomic E-state index is -0.437. The molecule has 0 radical (unpaired) electrons. The van der Waals surface area contributed by atoms with Crippen molar-refractivity contribution in [2.45, 2.75) is 71.0 Å². The number of rotatable bonds is 7. The second-order valence-corrected chi connectivity index (χ2v) is 9.69. The van der Waals surface area contributed by atoms with Crippen molar-refractivity contribution in [3.63, 3.8) is 0 Å². The highest BCUT2D eigenvalue weighted by atomic mass is 16.5. The molecule has 0 spiro atoms. The monoisotopic (exact) mass is 422 g/mol. The highest BCUT2D eigenvalue weighted by molar-refractivity contribution is 5.89. The molecule has 4 heteroatoms. The van der Waals surface area contributed by atoms with Gasteiger partial charge in [-0.3, -0.25) is 9.69 Å². The van der Waals surface area contributed by atoms with Crippen LogP contribution in [0.1, 0.15) is 70.3 Å². The molecule has 1 saturated heterocycles. The van der Waals surface area contributed by atoms with Gasteiger partial charge in [0.2, 0.25) is 5.91 Å². The van der Waals surface area contributed by atoms with Gasteiger partial charge in [0, 0.05) is 6.54 Å². The summed E-state index contributed by atoms with van der Waals surface area (Å²) < 4.78 is 5.27. The van der Waals surface area contributed by atoms with Gasteiger partial charge in [-0.15, -0.1) is 0 Å². The molecule has 0 aliphatic carbocycles. The first kappa shape index (κ1) is 23.3. The normalized spacial score (nSPS) is 19.1. The number of methoxy groups -OCH3 is 1. The Hall–Kier alpha value is -2.33. The third-order valence-corrected chi connectivity index (χ3v) is 7.04. The van der Waals surface area contributed by atoms with Crippen molar-refractivity contribution in [1.82, 2.24) is 9.80 Å². The second-order valence-electron chi connectivity index (χ2n) is 9.69. The zero-order valence-electron chi connectivity index (χ0n) is 20.2. The summed E-state index contributed by atoms with van der Waals surface area (Å²) in [5.74, 6) is 1.10. The lowest BCUT2D eigenvalue weighted by Gasteiger charge is -2.34. The SMILES string of the molecule is CCC1(CC)C(=O)N(CCc2ccc(OC)cc2)C(c2ccc(C(C)(C)C)cc2)N1C. The number of ether oxygens (including phenoxy) is 1. The Balaban J connectivity index is 1.91. The van der Waals surface area contributed by atoms with Crippen molar-refractivity contribution >= 4 is 5.91 Å². The highest BCUT2D eigenvalue weighted by Crippen LogP contribution is 2.43. The van der Waals surface area contributed by atoms with Gasteiger partial charge in [0.25, 0.3) is 0 Å². The van der Waals surface area contributed by atoms with E-state index in [1.54, 1.807) is 7.11 Å². The number of hydrogen-bond donors (Lipinski definition) is 0. The Morgan fingerprint density at radius 2 is 1.55 bits per heavy atom. The first-order valence-electron chi connectivity index (χ1n) is 11.4. The van der Waals surface area contributed by atoms with Gasteiger partial charge in [-0.05, 0) is 60.5 Å². The van der Waals surface area contributed by atoms with Gasteiger partial charge in [0.05, 0.1) is 7.11 Å². The Morgan fingerprint density at radius 3 is 2.03 bits per heavy atom. The van der Waals surface area contributed by atoms with E-state index < -0.39 is 5.54 Å². The number of carbonyl (C=O) groups is 1. The Kier molecular flexibility index (Phi) is 6.80. The summed E-state index contributed by atoms with van der Waals surface area (Å²) >= 11 is 0. The maximum absolute atomic E-state index is 13.7. The molecule has 1 aliphatic heterocycles. The van der Waals surface area contributed by atoms with Crippen LogP contribution in [-0.2, 0) is 16.6 Å². The van der Waals surface area contributed by atoms with Crippen LogP contribution in [0.25, 0.3) is 0 Å². The van der Waals surface area contributed by atoms with Crippen molar-refractivity contribution < 1.29 is 9.53 Å². The van der Waals surface area contributed by atoms with Crippen LogP contribution in [-0.4, -0.2) is 41.9 Å². The summed E-state index contributed by atoms with van der Waals surface area (Å²) in [5, 5.41) is 0. The van der Waals surface area contributed by atoms with E-state index >= 15 is 0 Å². The Labute approximate surface area is 188 Å². The minimum absolute atomic E-state index is 0.0420. The van der Waals surface area contributed by atoms with Crippen LogP contribution in [0.4, 0.5) is 0 Å². The van der Waals surface area contributed by atoms with Crippen LogP contribution < -0.4 is 4.74 Å². The molecule has 1 aliphatic rings. The summed E-state index contributed by atoms with van der Waals surface area (Å²) in [6.45, 7) is 11.6. The van der Waals surface area contributed by atoms with E-state index in [9.17, 15) is 4.79 Å². The van der Waals surface area contributed by atoms with Gasteiger partial charge >= 0.3 is 0 Å². The number of likely N-dealkylation sites (N-methyl/N-ethyl adjacent to an activating group) is 1. The molecule has 1 fully saturated rings. The van der Waals surface area contributed by atoms with Crippen molar-refractivity contribution in [3.8, 4) is 5.75 Å². The zero-order chi connectivity index (χ0) is 22.8. The molecular formula is C27H38N2O2. The predicted octanol–water partition coefficient (Wildman–Crippen LogP) is 5.57. The van der Waals surface area contributed by atoms with Crippen molar-refractivity contribution in [2.75, 3.05) is 20.7 Å². The average molecular weight is 423 g/mol. The predicted molar refractivity (Wildman–Crippen MR) is 127 cm³/mol. The molecule has 168 valence electrons. The highest BCUT2D eigenvalue weighted by Gasteiger charge is 2.53.